The molecule has 0 aliphatic carbocycles. The van der Waals surface area contributed by atoms with Crippen molar-refractivity contribution >= 4 is 85.3 Å². The van der Waals surface area contributed by atoms with E-state index in [0.717, 1.165) is 46.7 Å². The van der Waals surface area contributed by atoms with E-state index in [1.54, 1.807) is 13.8 Å². The number of carboxylic acids is 2. The molecule has 484 valence electrons. The number of nitrogens with zero attached hydrogens (tertiary/aromatic N) is 7. The van der Waals surface area contributed by atoms with Gasteiger partial charge in [0.1, 0.15) is 84.2 Å². The first-order chi connectivity index (χ1) is 44.6. The second kappa shape index (κ2) is 28.6. The highest BCUT2D eigenvalue weighted by molar-refractivity contribution is 7.16. The van der Waals surface area contributed by atoms with E-state index in [1.807, 2.05) is 0 Å². The smallest absolute Gasteiger partial charge is 0.350 e. The minimum atomic E-state index is -1.14. The summed E-state index contributed by atoms with van der Waals surface area (Å²) in [5, 5.41) is 21.4. The molecule has 0 fully saturated rings. The lowest BCUT2D eigenvalue weighted by atomic mass is 10.1. The molecule has 94 heavy (non-hydrogen) atoms. The maximum Gasteiger partial charge on any atom is 0.350 e. The van der Waals surface area contributed by atoms with Crippen LogP contribution in [0.15, 0.2) is 113 Å². The minimum Gasteiger partial charge on any atom is -0.477 e. The van der Waals surface area contributed by atoms with Crippen molar-refractivity contribution in [3.05, 3.63) is 231 Å². The van der Waals surface area contributed by atoms with E-state index in [2.05, 4.69) is 30.2 Å². The number of amides is 1. The Morgan fingerprint density at radius 1 is 0.521 bits per heavy atom. The highest BCUT2D eigenvalue weighted by atomic mass is 32.1. The number of ether oxygens (including phenoxy) is 4. The zero-order valence-electron chi connectivity index (χ0n) is 48.5. The molecule has 5 N–H and O–H groups in total. The first kappa shape index (κ1) is 67.3. The number of aromatic nitrogens is 7. The van der Waals surface area contributed by atoms with Gasteiger partial charge in [-0.25, -0.2) is 68.8 Å². The second-order valence-corrected chi connectivity index (χ2v) is 22.4. The van der Waals surface area contributed by atoms with Gasteiger partial charge in [-0.1, -0.05) is 34.0 Å². The SMILES string of the molecule is CCOC(=O)c1sc(Oc2ccc3c(c2)c(=O)ncn3Cc2c(F)cc(F)cc2F)nc1C.Cc1nc(Oc2ccc(NCc3c(F)cc(F)cc3F)c(C(N)=O)c2)sc1C(=O)O.Cc1nc(Oc2ccc3c(c2)c(=O)ncn3Cc2c(F)cc(F)cc2F)sc1C(=O)O. The summed E-state index contributed by atoms with van der Waals surface area (Å²) in [6.45, 7) is 5.61. The van der Waals surface area contributed by atoms with Crippen LogP contribution in [-0.2, 0) is 24.4 Å². The zero-order chi connectivity index (χ0) is 68.0. The Balaban J connectivity index is 0.000000166. The standard InChI is InChI=1S/C22H16F3N3O4S.C20H12F3N3O4S.C19H14F3N3O4S/c1-3-31-21(30)19-11(2)27-22(33-19)32-13-4-5-18-14(8-13)20(29)26-10-28(18)9-15-16(24)6-12(23)7-17(15)25;1-9-17(19(28)29)31-20(25-9)30-11-2-3-16-12(6-11)18(27)24-8-26(16)7-13-14(22)4-10(21)5-15(13)23;1-8-16(18(27)28)30-19(25-8)29-10-2-3-15(11(6-10)17(23)26)24-7-12-13(21)4-9(20)5-14(12)22/h4-8,10H,3,9H2,1-2H3;2-6,8H,7H2,1H3,(H,28,29);2-6,24H,7H2,1H3,(H2,23,26)(H,27,28). The van der Waals surface area contributed by atoms with Crippen LogP contribution >= 0.6 is 34.0 Å². The number of fused-ring (bicyclic) bond motifs is 2. The highest BCUT2D eigenvalue weighted by Crippen LogP contribution is 2.35. The van der Waals surface area contributed by atoms with Crippen LogP contribution in [0.3, 0.4) is 0 Å². The number of rotatable bonds is 18. The highest BCUT2D eigenvalue weighted by Gasteiger charge is 2.23. The van der Waals surface area contributed by atoms with Crippen LogP contribution in [-0.4, -0.2) is 74.7 Å². The summed E-state index contributed by atoms with van der Waals surface area (Å²) in [5.74, 6) is -12.5. The zero-order valence-corrected chi connectivity index (χ0v) is 50.9. The molecule has 0 spiro atoms. The molecule has 6 aromatic carbocycles. The lowest BCUT2D eigenvalue weighted by Crippen LogP contribution is -2.15. The second-order valence-electron chi connectivity index (χ2n) is 19.5. The van der Waals surface area contributed by atoms with Gasteiger partial charge in [0.25, 0.3) is 32.6 Å². The van der Waals surface area contributed by atoms with Gasteiger partial charge in [0, 0.05) is 65.3 Å². The van der Waals surface area contributed by atoms with Crippen molar-refractivity contribution in [1.82, 2.24) is 34.1 Å². The van der Waals surface area contributed by atoms with E-state index < -0.39 is 92.9 Å². The number of halogens is 9. The Bertz CT molecular complexity index is 4880. The Hall–Kier alpha value is -11.1. The molecule has 0 aliphatic rings. The van der Waals surface area contributed by atoms with Gasteiger partial charge in [0.05, 0.1) is 76.8 Å². The number of benzene rings is 6. The number of hydrogen-bond donors (Lipinski definition) is 4. The number of nitrogens with two attached hydrogens (primary N) is 1. The number of carbonyl (C=O) groups excluding carboxylic acids is 2. The third-order valence-electron chi connectivity index (χ3n) is 13.1. The van der Waals surface area contributed by atoms with Crippen molar-refractivity contribution in [3.63, 3.8) is 0 Å². The summed E-state index contributed by atoms with van der Waals surface area (Å²) < 4.78 is 148. The Morgan fingerprint density at radius 2 is 0.883 bits per heavy atom. The Labute approximate surface area is 533 Å². The quantitative estimate of drug-likeness (QED) is 0.0458. The van der Waals surface area contributed by atoms with Crippen molar-refractivity contribution in [3.8, 4) is 32.8 Å². The van der Waals surface area contributed by atoms with Crippen molar-refractivity contribution in [2.45, 2.75) is 47.3 Å². The van der Waals surface area contributed by atoms with Gasteiger partial charge in [-0.3, -0.25) is 14.4 Å². The molecule has 0 aliphatic heterocycles. The molecule has 0 bridgehead atoms. The average Bonchev–Trinajstić information content (AvgIpc) is 1.05. The maximum atomic E-state index is 14.1. The van der Waals surface area contributed by atoms with Crippen LogP contribution in [0.4, 0.5) is 45.2 Å². The molecule has 0 unspecified atom stereocenters. The normalized spacial score (nSPS) is 10.9. The molecule has 0 atom stereocenters. The van der Waals surface area contributed by atoms with Gasteiger partial charge >= 0.3 is 17.9 Å². The molecule has 5 aromatic heterocycles. The van der Waals surface area contributed by atoms with E-state index in [1.165, 1.54) is 77.6 Å². The van der Waals surface area contributed by atoms with E-state index in [4.69, 9.17) is 34.9 Å². The van der Waals surface area contributed by atoms with Gasteiger partial charge in [-0.05, 0) is 82.3 Å². The minimum absolute atomic E-state index is 0.0155. The molecule has 0 radical (unpaired) electrons. The summed E-state index contributed by atoms with van der Waals surface area (Å²) in [7, 11) is 0. The van der Waals surface area contributed by atoms with Crippen molar-refractivity contribution in [2.75, 3.05) is 11.9 Å². The number of hydrogen-bond acceptors (Lipinski definition) is 19. The number of primary amides is 1. The molecule has 1 amide bonds. The predicted molar refractivity (Wildman–Crippen MR) is 322 cm³/mol. The Morgan fingerprint density at radius 3 is 1.26 bits per heavy atom. The number of anilines is 1. The van der Waals surface area contributed by atoms with Crippen LogP contribution in [0.1, 0.15) is 80.1 Å². The first-order valence-electron chi connectivity index (χ1n) is 26.8. The van der Waals surface area contributed by atoms with Crippen LogP contribution < -0.4 is 36.4 Å². The maximum absolute atomic E-state index is 14.1. The van der Waals surface area contributed by atoms with Crippen LogP contribution in [0.2, 0.25) is 0 Å². The largest absolute Gasteiger partial charge is 0.477 e. The molecule has 11 rings (SSSR count). The Kier molecular flexibility index (Phi) is 20.5. The fourth-order valence-electron chi connectivity index (χ4n) is 8.75. The van der Waals surface area contributed by atoms with E-state index >= 15 is 0 Å². The number of aryl methyl sites for hydroxylation is 3. The first-order valence-corrected chi connectivity index (χ1v) is 29.3. The van der Waals surface area contributed by atoms with E-state index in [0.29, 0.717) is 63.7 Å². The molecular weight excluding hydrogens is 1320 g/mol. The summed E-state index contributed by atoms with van der Waals surface area (Å²) >= 11 is 2.65. The number of nitrogens with one attached hydrogen (secondary N) is 1. The summed E-state index contributed by atoms with van der Waals surface area (Å²) in [6.07, 6.45) is 2.29. The van der Waals surface area contributed by atoms with Crippen LogP contribution in [0, 0.1) is 73.1 Å². The van der Waals surface area contributed by atoms with Gasteiger partial charge in [0.15, 0.2) is 0 Å². The summed E-state index contributed by atoms with van der Waals surface area (Å²) in [5.41, 5.74) is 4.84. The number of thiazole rings is 3. The molecular formula is C61H42F9N9O12S3. The third-order valence-corrected chi connectivity index (χ3v) is 16.2. The number of carboxylic acid groups (broad SMARTS) is 2. The number of esters is 1. The summed E-state index contributed by atoms with van der Waals surface area (Å²) in [4.78, 5) is 90.6. The fourth-order valence-corrected chi connectivity index (χ4v) is 11.1. The molecule has 5 heterocycles. The van der Waals surface area contributed by atoms with Crippen molar-refractivity contribution in [2.24, 2.45) is 5.73 Å². The lowest BCUT2D eigenvalue weighted by molar-refractivity contribution is 0.0529. The lowest BCUT2D eigenvalue weighted by Gasteiger charge is -2.13. The van der Waals surface area contributed by atoms with Crippen molar-refractivity contribution < 1.29 is 87.9 Å². The molecule has 33 heteroatoms. The van der Waals surface area contributed by atoms with Gasteiger partial charge in [0.2, 0.25) is 0 Å². The fraction of sp³-hybridized carbons (Fsp3) is 0.131. The number of aromatic carboxylic acids is 2. The summed E-state index contributed by atoms with van der Waals surface area (Å²) in [6, 6.07) is 16.4. The monoisotopic (exact) mass is 1360 g/mol. The molecule has 11 aromatic rings. The van der Waals surface area contributed by atoms with Gasteiger partial charge in [-0.2, -0.15) is 9.97 Å². The predicted octanol–water partition coefficient (Wildman–Crippen LogP) is 12.8. The third kappa shape index (κ3) is 15.6. The molecule has 0 saturated heterocycles. The average molecular weight is 1360 g/mol. The number of carbonyl (C=O) groups is 4. The van der Waals surface area contributed by atoms with E-state index in [9.17, 15) is 68.3 Å². The van der Waals surface area contributed by atoms with Crippen molar-refractivity contribution in [1.29, 1.82) is 0 Å². The molecule has 21 nitrogen and oxygen atoms in total. The van der Waals surface area contributed by atoms with Gasteiger partial charge in [-0.15, -0.1) is 0 Å². The topological polar surface area (TPSA) is 292 Å². The van der Waals surface area contributed by atoms with Crippen LogP contribution in [0.5, 0.6) is 32.8 Å². The van der Waals surface area contributed by atoms with E-state index in [-0.39, 0.29) is 108 Å². The molecule has 0 saturated carbocycles. The van der Waals surface area contributed by atoms with Crippen LogP contribution in [0.25, 0.3) is 21.8 Å². The van der Waals surface area contributed by atoms with Gasteiger partial charge < -0.3 is 49.3 Å².